The molecule has 0 spiro atoms. The normalized spacial score (nSPS) is 12.5. The maximum atomic E-state index is 10.00. The smallest absolute Gasteiger partial charge is 0.120 e. The van der Waals surface area contributed by atoms with Crippen LogP contribution in [-0.2, 0) is 4.79 Å². The second-order valence-electron chi connectivity index (χ2n) is 3.03. The number of aldehydes is 1. The van der Waals surface area contributed by atoms with Crippen molar-refractivity contribution < 1.29 is 4.79 Å². The summed E-state index contributed by atoms with van der Waals surface area (Å²) in [5.74, 6) is 0.613. The molecule has 0 N–H and O–H groups in total. The number of hydrogen-bond acceptors (Lipinski definition) is 1. The lowest BCUT2D eigenvalue weighted by Crippen LogP contribution is -1.96. The van der Waals surface area contributed by atoms with E-state index in [1.54, 1.807) is 0 Å². The van der Waals surface area contributed by atoms with Crippen molar-refractivity contribution in [2.24, 2.45) is 5.92 Å². The van der Waals surface area contributed by atoms with Gasteiger partial charge >= 0.3 is 0 Å². The van der Waals surface area contributed by atoms with E-state index in [0.29, 0.717) is 12.3 Å². The van der Waals surface area contributed by atoms with Crippen molar-refractivity contribution in [3.05, 3.63) is 12.2 Å². The molecule has 0 aliphatic carbocycles. The van der Waals surface area contributed by atoms with E-state index in [4.69, 9.17) is 0 Å². The van der Waals surface area contributed by atoms with Gasteiger partial charge in [0.15, 0.2) is 0 Å². The fourth-order valence-electron chi connectivity index (χ4n) is 0.948. The number of rotatable bonds is 6. The number of hydrogen-bond donors (Lipinski definition) is 0. The second kappa shape index (κ2) is 6.14. The van der Waals surface area contributed by atoms with Gasteiger partial charge in [-0.1, -0.05) is 26.0 Å². The zero-order chi connectivity index (χ0) is 8.69. The summed E-state index contributed by atoms with van der Waals surface area (Å²) in [6.45, 7) is 8.33. The summed E-state index contributed by atoms with van der Waals surface area (Å²) in [7, 11) is 0. The first-order valence-corrected chi connectivity index (χ1v) is 4.33. The van der Waals surface area contributed by atoms with Crippen LogP contribution in [0.15, 0.2) is 12.2 Å². The van der Waals surface area contributed by atoms with Crippen LogP contribution in [0.4, 0.5) is 0 Å². The summed E-state index contributed by atoms with van der Waals surface area (Å²) in [5.41, 5.74) is 1.29. The molecule has 0 aliphatic heterocycles. The third-order valence-corrected chi connectivity index (χ3v) is 2.13. The molecule has 1 atom stereocenters. The summed E-state index contributed by atoms with van der Waals surface area (Å²) in [6.07, 6.45) is 4.78. The third-order valence-electron chi connectivity index (χ3n) is 2.13. The molecule has 0 saturated heterocycles. The second-order valence-corrected chi connectivity index (χ2v) is 3.03. The van der Waals surface area contributed by atoms with Crippen molar-refractivity contribution in [3.8, 4) is 0 Å². The van der Waals surface area contributed by atoms with Gasteiger partial charge in [0.2, 0.25) is 0 Å². The largest absolute Gasteiger partial charge is 0.303 e. The number of allylic oxidation sites excluding steroid dienone is 1. The number of unbranched alkanes of at least 4 members (excludes halogenated alkanes) is 1. The van der Waals surface area contributed by atoms with Crippen molar-refractivity contribution in [2.45, 2.75) is 39.5 Å². The summed E-state index contributed by atoms with van der Waals surface area (Å²) in [4.78, 5) is 10.00. The lowest BCUT2D eigenvalue weighted by Gasteiger charge is -2.10. The number of carbonyl (C=O) groups excluding carboxylic acids is 1. The number of carbonyl (C=O) groups is 1. The highest BCUT2D eigenvalue weighted by atomic mass is 16.1. The molecular weight excluding hydrogens is 136 g/mol. The Morgan fingerprint density at radius 2 is 2.27 bits per heavy atom. The first-order chi connectivity index (χ1) is 5.22. The molecule has 1 nitrogen and oxygen atoms in total. The van der Waals surface area contributed by atoms with Gasteiger partial charge in [0, 0.05) is 6.42 Å². The predicted molar refractivity (Wildman–Crippen MR) is 48.5 cm³/mol. The first kappa shape index (κ1) is 10.4. The summed E-state index contributed by atoms with van der Waals surface area (Å²) in [6, 6.07) is 0. The molecule has 0 fully saturated rings. The Morgan fingerprint density at radius 3 is 2.73 bits per heavy atom. The molecule has 0 rings (SSSR count). The quantitative estimate of drug-likeness (QED) is 0.326. The van der Waals surface area contributed by atoms with Gasteiger partial charge in [-0.3, -0.25) is 0 Å². The molecule has 0 aliphatic rings. The van der Waals surface area contributed by atoms with Gasteiger partial charge in [0.05, 0.1) is 0 Å². The molecule has 0 bridgehead atoms. The highest BCUT2D eigenvalue weighted by molar-refractivity contribution is 5.49. The monoisotopic (exact) mass is 154 g/mol. The van der Waals surface area contributed by atoms with Crippen LogP contribution in [0.5, 0.6) is 0 Å². The van der Waals surface area contributed by atoms with Crippen LogP contribution >= 0.6 is 0 Å². The van der Waals surface area contributed by atoms with E-state index in [1.807, 2.05) is 0 Å². The van der Waals surface area contributed by atoms with E-state index in [0.717, 1.165) is 25.5 Å². The fourth-order valence-corrected chi connectivity index (χ4v) is 0.948. The molecule has 0 radical (unpaired) electrons. The van der Waals surface area contributed by atoms with Crippen LogP contribution in [0.25, 0.3) is 0 Å². The predicted octanol–water partition coefficient (Wildman–Crippen LogP) is 2.96. The lowest BCUT2D eigenvalue weighted by molar-refractivity contribution is -0.107. The fraction of sp³-hybridized carbons (Fsp3) is 0.700. The topological polar surface area (TPSA) is 17.1 Å². The van der Waals surface area contributed by atoms with E-state index in [9.17, 15) is 4.79 Å². The van der Waals surface area contributed by atoms with Crippen molar-refractivity contribution in [1.29, 1.82) is 0 Å². The molecule has 11 heavy (non-hydrogen) atoms. The Balaban J connectivity index is 3.43. The molecule has 0 amide bonds. The van der Waals surface area contributed by atoms with Crippen LogP contribution in [0.1, 0.15) is 39.5 Å². The molecule has 0 aromatic rings. The summed E-state index contributed by atoms with van der Waals surface area (Å²) < 4.78 is 0. The van der Waals surface area contributed by atoms with Gasteiger partial charge in [-0.25, -0.2) is 0 Å². The Morgan fingerprint density at radius 1 is 1.64 bits per heavy atom. The van der Waals surface area contributed by atoms with Crippen LogP contribution in [-0.4, -0.2) is 6.29 Å². The van der Waals surface area contributed by atoms with Gasteiger partial charge in [-0.15, -0.1) is 0 Å². The average molecular weight is 154 g/mol. The minimum absolute atomic E-state index is 0.613. The highest BCUT2D eigenvalue weighted by Crippen LogP contribution is 2.17. The van der Waals surface area contributed by atoms with E-state index >= 15 is 0 Å². The summed E-state index contributed by atoms with van der Waals surface area (Å²) >= 11 is 0. The van der Waals surface area contributed by atoms with E-state index < -0.39 is 0 Å². The molecule has 64 valence electrons. The SMILES string of the molecule is C=C(CCCC=O)C(C)CC. The third kappa shape index (κ3) is 4.77. The molecule has 0 saturated carbocycles. The highest BCUT2D eigenvalue weighted by Gasteiger charge is 2.02. The zero-order valence-corrected chi connectivity index (χ0v) is 7.60. The van der Waals surface area contributed by atoms with Gasteiger partial charge in [-0.2, -0.15) is 0 Å². The first-order valence-electron chi connectivity index (χ1n) is 4.33. The van der Waals surface area contributed by atoms with Gasteiger partial charge < -0.3 is 4.79 Å². The van der Waals surface area contributed by atoms with E-state index in [2.05, 4.69) is 20.4 Å². The Kier molecular flexibility index (Phi) is 5.81. The zero-order valence-electron chi connectivity index (χ0n) is 7.60. The maximum Gasteiger partial charge on any atom is 0.120 e. The van der Waals surface area contributed by atoms with Crippen molar-refractivity contribution in [1.82, 2.24) is 0 Å². The van der Waals surface area contributed by atoms with Crippen molar-refractivity contribution in [3.63, 3.8) is 0 Å². The Bertz CT molecular complexity index is 127. The minimum atomic E-state index is 0.613. The van der Waals surface area contributed by atoms with Gasteiger partial charge in [0.1, 0.15) is 6.29 Å². The Hall–Kier alpha value is -0.590. The molecule has 0 aromatic heterocycles. The maximum absolute atomic E-state index is 10.00. The Labute approximate surface area is 69.5 Å². The molecule has 1 unspecified atom stereocenters. The minimum Gasteiger partial charge on any atom is -0.303 e. The lowest BCUT2D eigenvalue weighted by atomic mass is 9.96. The van der Waals surface area contributed by atoms with Gasteiger partial charge in [-0.05, 0) is 25.2 Å². The van der Waals surface area contributed by atoms with Gasteiger partial charge in [0.25, 0.3) is 0 Å². The molecule has 1 heteroatoms. The molecule has 0 aromatic carbocycles. The van der Waals surface area contributed by atoms with E-state index in [-0.39, 0.29) is 0 Å². The van der Waals surface area contributed by atoms with E-state index in [1.165, 1.54) is 5.57 Å². The molecular formula is C10H18O. The van der Waals surface area contributed by atoms with Crippen LogP contribution in [0.2, 0.25) is 0 Å². The van der Waals surface area contributed by atoms with Crippen LogP contribution in [0, 0.1) is 5.92 Å². The standard InChI is InChI=1S/C10H18O/c1-4-9(2)10(3)7-5-6-8-11/h8-9H,3-7H2,1-2H3. The van der Waals surface area contributed by atoms with Crippen molar-refractivity contribution >= 4 is 6.29 Å². The summed E-state index contributed by atoms with van der Waals surface area (Å²) in [5, 5.41) is 0. The molecule has 0 heterocycles. The average Bonchev–Trinajstić information content (AvgIpc) is 2.03. The van der Waals surface area contributed by atoms with Crippen molar-refractivity contribution in [2.75, 3.05) is 0 Å². The van der Waals surface area contributed by atoms with Crippen LogP contribution in [0.3, 0.4) is 0 Å². The van der Waals surface area contributed by atoms with Crippen LogP contribution < -0.4 is 0 Å².